The van der Waals surface area contributed by atoms with E-state index in [0.717, 1.165) is 41.9 Å². The summed E-state index contributed by atoms with van der Waals surface area (Å²) in [5.74, 6) is 1.98. The Bertz CT molecular complexity index is 1140. The molecule has 2 heterocycles. The van der Waals surface area contributed by atoms with Gasteiger partial charge in [0.2, 0.25) is 5.76 Å². The third-order valence-corrected chi connectivity index (χ3v) is 7.22. The fourth-order valence-corrected chi connectivity index (χ4v) is 4.87. The fourth-order valence-electron chi connectivity index (χ4n) is 4.87. The molecule has 1 atom stereocenters. The average molecular weight is 529 g/mol. The summed E-state index contributed by atoms with van der Waals surface area (Å²) in [7, 11) is 0. The third-order valence-electron chi connectivity index (χ3n) is 7.22. The predicted octanol–water partition coefficient (Wildman–Crippen LogP) is 9.44. The molecule has 0 amide bonds. The van der Waals surface area contributed by atoms with Gasteiger partial charge >= 0.3 is 0 Å². The number of nitrogens with zero attached hydrogens (tertiary/aromatic N) is 2. The third kappa shape index (κ3) is 8.84. The molecule has 39 heavy (non-hydrogen) atoms. The molecule has 0 N–H and O–H groups in total. The molecule has 0 bridgehead atoms. The minimum Gasteiger partial charge on any atom is -0.494 e. The molecule has 0 aliphatic carbocycles. The van der Waals surface area contributed by atoms with E-state index < -0.39 is 6.29 Å². The first kappa shape index (κ1) is 28.7. The summed E-state index contributed by atoms with van der Waals surface area (Å²) < 4.78 is 18.0. The number of hydrogen-bond acceptors (Lipinski definition) is 5. The Labute approximate surface area is 234 Å². The first-order valence-corrected chi connectivity index (χ1v) is 14.9. The lowest BCUT2D eigenvalue weighted by Gasteiger charge is -2.16. The molecule has 5 nitrogen and oxygen atoms in total. The van der Waals surface area contributed by atoms with Crippen LogP contribution in [-0.2, 0) is 15.9 Å². The molecule has 0 saturated heterocycles. The maximum atomic E-state index is 6.15. The van der Waals surface area contributed by atoms with Crippen molar-refractivity contribution in [2.24, 2.45) is 0 Å². The maximum absolute atomic E-state index is 6.15. The molecular formula is C34H44N2O3. The molecule has 208 valence electrons. The van der Waals surface area contributed by atoms with Gasteiger partial charge in [0.15, 0.2) is 5.82 Å². The molecule has 1 unspecified atom stereocenters. The van der Waals surface area contributed by atoms with E-state index in [1.54, 1.807) is 6.26 Å². The van der Waals surface area contributed by atoms with Gasteiger partial charge in [0.05, 0.1) is 6.61 Å². The smallest absolute Gasteiger partial charge is 0.267 e. The SMILES string of the molecule is CCCCCCCCOc1ccc(-c2cnc(C3=COC(c4ccccc4CCCCCCC)O3)nc2)cc1. The van der Waals surface area contributed by atoms with E-state index in [9.17, 15) is 0 Å². The molecule has 1 aliphatic rings. The van der Waals surface area contributed by atoms with Crippen LogP contribution in [0.3, 0.4) is 0 Å². The highest BCUT2D eigenvalue weighted by atomic mass is 16.7. The normalized spacial score (nSPS) is 14.5. The monoisotopic (exact) mass is 528 g/mol. The van der Waals surface area contributed by atoms with E-state index in [0.29, 0.717) is 11.6 Å². The fraction of sp³-hybridized carbons (Fsp3) is 0.471. The van der Waals surface area contributed by atoms with Crippen LogP contribution >= 0.6 is 0 Å². The van der Waals surface area contributed by atoms with Crippen LogP contribution in [0.1, 0.15) is 108 Å². The Morgan fingerprint density at radius 3 is 2.13 bits per heavy atom. The highest BCUT2D eigenvalue weighted by Gasteiger charge is 2.26. The Kier molecular flexibility index (Phi) is 11.7. The standard InChI is InChI=1S/C34H44N2O3/c1-3-5-7-9-11-15-23-37-30-21-19-27(20-22-30)29-24-35-33(36-25-29)32-26-38-34(39-32)31-18-14-13-17-28(31)16-12-10-8-6-4-2/h13-14,17-22,24-26,34H,3-12,15-16,23H2,1-2H3. The number of rotatable bonds is 17. The molecule has 1 aliphatic heterocycles. The van der Waals surface area contributed by atoms with Crippen LogP contribution in [0.4, 0.5) is 0 Å². The van der Waals surface area contributed by atoms with Gasteiger partial charge in [-0.05, 0) is 42.5 Å². The zero-order valence-electron chi connectivity index (χ0n) is 23.7. The number of aromatic nitrogens is 2. The summed E-state index contributed by atoms with van der Waals surface area (Å²) in [6.45, 7) is 5.26. The minimum atomic E-state index is -0.459. The Morgan fingerprint density at radius 2 is 1.38 bits per heavy atom. The number of hydrogen-bond donors (Lipinski definition) is 0. The van der Waals surface area contributed by atoms with Crippen LogP contribution < -0.4 is 4.74 Å². The van der Waals surface area contributed by atoms with Gasteiger partial charge in [0.25, 0.3) is 6.29 Å². The summed E-state index contributed by atoms with van der Waals surface area (Å²) in [4.78, 5) is 9.13. The zero-order valence-corrected chi connectivity index (χ0v) is 23.7. The van der Waals surface area contributed by atoms with Crippen LogP contribution in [0.15, 0.2) is 67.2 Å². The van der Waals surface area contributed by atoms with Crippen LogP contribution in [0, 0.1) is 0 Å². The van der Waals surface area contributed by atoms with Crippen LogP contribution in [0.2, 0.25) is 0 Å². The number of aryl methyl sites for hydroxylation is 1. The molecule has 3 aromatic rings. The molecular weight excluding hydrogens is 484 g/mol. The van der Waals surface area contributed by atoms with Crippen molar-refractivity contribution in [3.63, 3.8) is 0 Å². The number of benzene rings is 2. The molecule has 4 rings (SSSR count). The van der Waals surface area contributed by atoms with Crippen molar-refractivity contribution in [1.82, 2.24) is 9.97 Å². The van der Waals surface area contributed by atoms with Crippen molar-refractivity contribution < 1.29 is 14.2 Å². The Hall–Kier alpha value is -3.34. The average Bonchev–Trinajstić information content (AvgIpc) is 3.48. The quantitative estimate of drug-likeness (QED) is 0.163. The summed E-state index contributed by atoms with van der Waals surface area (Å²) in [5, 5.41) is 0. The minimum absolute atomic E-state index is 0.459. The van der Waals surface area contributed by atoms with E-state index >= 15 is 0 Å². The van der Waals surface area contributed by atoms with E-state index in [1.165, 1.54) is 69.8 Å². The predicted molar refractivity (Wildman–Crippen MR) is 158 cm³/mol. The van der Waals surface area contributed by atoms with Gasteiger partial charge in [0.1, 0.15) is 12.0 Å². The van der Waals surface area contributed by atoms with Crippen LogP contribution in [-0.4, -0.2) is 16.6 Å². The van der Waals surface area contributed by atoms with Crippen molar-refractivity contribution in [3.05, 3.63) is 84.1 Å². The van der Waals surface area contributed by atoms with Gasteiger partial charge in [0, 0.05) is 23.5 Å². The molecule has 2 aromatic carbocycles. The topological polar surface area (TPSA) is 53.5 Å². The maximum Gasteiger partial charge on any atom is 0.267 e. The Morgan fingerprint density at radius 1 is 0.718 bits per heavy atom. The van der Waals surface area contributed by atoms with Gasteiger partial charge in [-0.3, -0.25) is 0 Å². The summed E-state index contributed by atoms with van der Waals surface area (Å²) in [6, 6.07) is 16.5. The highest BCUT2D eigenvalue weighted by molar-refractivity contribution is 5.63. The van der Waals surface area contributed by atoms with E-state index in [-0.39, 0.29) is 0 Å². The van der Waals surface area contributed by atoms with Crippen molar-refractivity contribution in [2.45, 2.75) is 97.2 Å². The first-order valence-electron chi connectivity index (χ1n) is 14.9. The van der Waals surface area contributed by atoms with Crippen LogP contribution in [0.25, 0.3) is 16.9 Å². The van der Waals surface area contributed by atoms with Gasteiger partial charge in [-0.1, -0.05) is 108 Å². The van der Waals surface area contributed by atoms with Crippen molar-refractivity contribution in [3.8, 4) is 16.9 Å². The van der Waals surface area contributed by atoms with E-state index in [1.807, 2.05) is 30.6 Å². The second kappa shape index (κ2) is 15.9. The molecule has 1 aromatic heterocycles. The van der Waals surface area contributed by atoms with Crippen molar-refractivity contribution >= 4 is 5.76 Å². The summed E-state index contributed by atoms with van der Waals surface area (Å²) in [6.07, 6.45) is 19.8. The van der Waals surface area contributed by atoms with Gasteiger partial charge in [-0.25, -0.2) is 9.97 Å². The molecule has 0 radical (unpaired) electrons. The molecule has 0 fully saturated rings. The van der Waals surface area contributed by atoms with Gasteiger partial charge < -0.3 is 14.2 Å². The van der Waals surface area contributed by atoms with Gasteiger partial charge in [-0.15, -0.1) is 0 Å². The summed E-state index contributed by atoms with van der Waals surface area (Å²) in [5.41, 5.74) is 4.36. The number of ether oxygens (including phenoxy) is 3. The molecule has 5 heteroatoms. The number of unbranched alkanes of at least 4 members (excludes halogenated alkanes) is 9. The van der Waals surface area contributed by atoms with E-state index in [4.69, 9.17) is 14.2 Å². The first-order chi connectivity index (χ1) is 19.3. The second-order valence-electron chi connectivity index (χ2n) is 10.4. The molecule has 0 saturated carbocycles. The Balaban J connectivity index is 1.26. The van der Waals surface area contributed by atoms with Crippen molar-refractivity contribution in [1.29, 1.82) is 0 Å². The van der Waals surface area contributed by atoms with Crippen molar-refractivity contribution in [2.75, 3.05) is 6.61 Å². The zero-order chi connectivity index (χ0) is 27.1. The second-order valence-corrected chi connectivity index (χ2v) is 10.4. The lowest BCUT2D eigenvalue weighted by Crippen LogP contribution is -2.04. The lowest BCUT2D eigenvalue weighted by molar-refractivity contribution is -0.0181. The molecule has 0 spiro atoms. The van der Waals surface area contributed by atoms with Crippen LogP contribution in [0.5, 0.6) is 5.75 Å². The summed E-state index contributed by atoms with van der Waals surface area (Å²) >= 11 is 0. The van der Waals surface area contributed by atoms with Gasteiger partial charge in [-0.2, -0.15) is 0 Å². The van der Waals surface area contributed by atoms with E-state index in [2.05, 4.69) is 54.1 Å². The lowest BCUT2D eigenvalue weighted by atomic mass is 10.0. The largest absolute Gasteiger partial charge is 0.494 e. The highest BCUT2D eigenvalue weighted by Crippen LogP contribution is 2.34.